The monoisotopic (exact) mass is 289 g/mol. The quantitative estimate of drug-likeness (QED) is 0.492. The van der Waals surface area contributed by atoms with Gasteiger partial charge in [0.05, 0.1) is 4.92 Å². The second kappa shape index (κ2) is 6.08. The molecule has 2 aromatic rings. The Morgan fingerprint density at radius 1 is 1.33 bits per heavy atom. The van der Waals surface area contributed by atoms with Gasteiger partial charge in [0.1, 0.15) is 5.69 Å². The zero-order chi connectivity index (χ0) is 15.4. The third kappa shape index (κ3) is 3.59. The molecule has 1 heterocycles. The molecule has 21 heavy (non-hydrogen) atoms. The van der Waals surface area contributed by atoms with E-state index >= 15 is 0 Å². The van der Waals surface area contributed by atoms with E-state index in [0.717, 1.165) is 6.07 Å². The third-order valence-electron chi connectivity index (χ3n) is 2.82. The molecule has 0 spiro atoms. The minimum atomic E-state index is -0.732. The molecule has 0 aliphatic heterocycles. The van der Waals surface area contributed by atoms with Crippen molar-refractivity contribution in [1.29, 1.82) is 0 Å². The number of non-ortho nitro benzene ring substituents is 1. The minimum Gasteiger partial charge on any atom is -0.336 e. The number of rotatable bonds is 4. The van der Waals surface area contributed by atoms with Crippen LogP contribution < -0.4 is 0 Å². The Morgan fingerprint density at radius 3 is 2.71 bits per heavy atom. The highest BCUT2D eigenvalue weighted by Gasteiger charge is 2.15. The first-order valence-electron chi connectivity index (χ1n) is 6.09. The summed E-state index contributed by atoms with van der Waals surface area (Å²) in [6.07, 6.45) is 0. The van der Waals surface area contributed by atoms with Gasteiger partial charge in [0.2, 0.25) is 5.95 Å². The van der Waals surface area contributed by atoms with Crippen LogP contribution in [0.5, 0.6) is 0 Å². The number of hydrogen-bond donors (Lipinski definition) is 0. The van der Waals surface area contributed by atoms with E-state index in [4.69, 9.17) is 0 Å². The molecule has 0 N–H and O–H groups in total. The van der Waals surface area contributed by atoms with Gasteiger partial charge in [-0.2, -0.15) is 4.39 Å². The molecule has 0 unspecified atom stereocenters. The number of nitro benzene ring substituents is 1. The number of carbonyl (C=O) groups is 1. The Labute approximate surface area is 120 Å². The predicted molar refractivity (Wildman–Crippen MR) is 73.1 cm³/mol. The van der Waals surface area contributed by atoms with Gasteiger partial charge in [0, 0.05) is 25.7 Å². The number of nitro groups is 1. The summed E-state index contributed by atoms with van der Waals surface area (Å²) < 4.78 is 13.0. The largest absolute Gasteiger partial charge is 0.336 e. The van der Waals surface area contributed by atoms with Crippen LogP contribution in [0.4, 0.5) is 10.1 Å². The van der Waals surface area contributed by atoms with Gasteiger partial charge in [-0.25, -0.2) is 4.98 Å². The fourth-order valence-electron chi connectivity index (χ4n) is 1.84. The molecule has 108 valence electrons. The van der Waals surface area contributed by atoms with Gasteiger partial charge < -0.3 is 4.90 Å². The van der Waals surface area contributed by atoms with Crippen LogP contribution in [0, 0.1) is 16.1 Å². The first-order chi connectivity index (χ1) is 9.97. The van der Waals surface area contributed by atoms with Crippen molar-refractivity contribution in [3.8, 4) is 0 Å². The maximum Gasteiger partial charge on any atom is 0.272 e. The molecule has 2 rings (SSSR count). The van der Waals surface area contributed by atoms with Gasteiger partial charge in [0.25, 0.3) is 11.6 Å². The molecule has 0 bridgehead atoms. The first-order valence-corrected chi connectivity index (χ1v) is 6.09. The lowest BCUT2D eigenvalue weighted by Gasteiger charge is -2.16. The lowest BCUT2D eigenvalue weighted by molar-refractivity contribution is -0.384. The Hall–Kier alpha value is -2.83. The minimum absolute atomic E-state index is 0.0112. The van der Waals surface area contributed by atoms with Gasteiger partial charge in [-0.15, -0.1) is 0 Å². The molecule has 1 amide bonds. The van der Waals surface area contributed by atoms with Crippen molar-refractivity contribution in [2.45, 2.75) is 6.54 Å². The Morgan fingerprint density at radius 2 is 2.05 bits per heavy atom. The molecule has 0 fully saturated rings. The maximum atomic E-state index is 13.0. The van der Waals surface area contributed by atoms with Gasteiger partial charge >= 0.3 is 0 Å². The predicted octanol–water partition coefficient (Wildman–Crippen LogP) is 2.40. The van der Waals surface area contributed by atoms with Crippen molar-refractivity contribution in [3.05, 3.63) is 69.8 Å². The molecule has 0 radical (unpaired) electrons. The van der Waals surface area contributed by atoms with Crippen LogP contribution in [0.2, 0.25) is 0 Å². The van der Waals surface area contributed by atoms with E-state index in [2.05, 4.69) is 4.98 Å². The number of carbonyl (C=O) groups excluding carboxylic acids is 1. The van der Waals surface area contributed by atoms with Gasteiger partial charge in [-0.1, -0.05) is 18.2 Å². The lowest BCUT2D eigenvalue weighted by Crippen LogP contribution is -2.27. The van der Waals surface area contributed by atoms with Gasteiger partial charge in [-0.3, -0.25) is 14.9 Å². The molecule has 0 aliphatic rings. The molecule has 0 saturated carbocycles. The summed E-state index contributed by atoms with van der Waals surface area (Å²) in [5.74, 6) is -1.19. The van der Waals surface area contributed by atoms with E-state index in [1.165, 1.54) is 36.2 Å². The molecule has 1 aromatic carbocycles. The summed E-state index contributed by atoms with van der Waals surface area (Å²) in [5.41, 5.74) is 0.552. The van der Waals surface area contributed by atoms with Crippen molar-refractivity contribution < 1.29 is 14.1 Å². The van der Waals surface area contributed by atoms with Crippen LogP contribution in [-0.2, 0) is 6.54 Å². The zero-order valence-electron chi connectivity index (χ0n) is 11.2. The van der Waals surface area contributed by atoms with E-state index < -0.39 is 16.8 Å². The topological polar surface area (TPSA) is 76.3 Å². The second-order valence-electron chi connectivity index (χ2n) is 4.43. The fourth-order valence-corrected chi connectivity index (χ4v) is 1.84. The molecule has 7 heteroatoms. The molecule has 6 nitrogen and oxygen atoms in total. The number of halogens is 1. The number of nitrogens with zero attached hydrogens (tertiary/aromatic N) is 3. The van der Waals surface area contributed by atoms with Gasteiger partial charge in [-0.05, 0) is 17.7 Å². The van der Waals surface area contributed by atoms with E-state index in [0.29, 0.717) is 5.56 Å². The van der Waals surface area contributed by atoms with Crippen molar-refractivity contribution in [1.82, 2.24) is 9.88 Å². The number of benzene rings is 1. The molecule has 1 aromatic heterocycles. The highest BCUT2D eigenvalue weighted by Crippen LogP contribution is 2.15. The first kappa shape index (κ1) is 14.6. The summed E-state index contributed by atoms with van der Waals surface area (Å²) in [7, 11) is 1.52. The van der Waals surface area contributed by atoms with E-state index in [9.17, 15) is 19.3 Å². The van der Waals surface area contributed by atoms with Crippen LogP contribution in [0.25, 0.3) is 0 Å². The molecule has 0 atom stereocenters. The summed E-state index contributed by atoms with van der Waals surface area (Å²) in [4.78, 5) is 27.1. The lowest BCUT2D eigenvalue weighted by atomic mass is 10.2. The smallest absolute Gasteiger partial charge is 0.272 e. The Kier molecular flexibility index (Phi) is 4.22. The number of hydrogen-bond acceptors (Lipinski definition) is 4. The van der Waals surface area contributed by atoms with Crippen LogP contribution in [0.1, 0.15) is 16.1 Å². The van der Waals surface area contributed by atoms with E-state index in [-0.39, 0.29) is 17.9 Å². The average Bonchev–Trinajstić information content (AvgIpc) is 2.46. The Balaban J connectivity index is 2.14. The second-order valence-corrected chi connectivity index (χ2v) is 4.43. The molecular weight excluding hydrogens is 277 g/mol. The summed E-state index contributed by atoms with van der Waals surface area (Å²) in [5, 5.41) is 10.7. The van der Waals surface area contributed by atoms with Crippen molar-refractivity contribution in [3.63, 3.8) is 0 Å². The SMILES string of the molecule is CN(Cc1cccc([N+](=O)[O-])c1)C(=O)c1cccc(F)n1. The standard InChI is InChI=1S/C14H12FN3O3/c1-17(14(19)12-6-3-7-13(15)16-12)9-10-4-2-5-11(8-10)18(20)21/h2-8H,9H2,1H3. The summed E-state index contributed by atoms with van der Waals surface area (Å²) in [6.45, 7) is 0.165. The fraction of sp³-hybridized carbons (Fsp3) is 0.143. The highest BCUT2D eigenvalue weighted by molar-refractivity contribution is 5.92. The Bertz CT molecular complexity index is 691. The summed E-state index contributed by atoms with van der Waals surface area (Å²) >= 11 is 0. The highest BCUT2D eigenvalue weighted by atomic mass is 19.1. The van der Waals surface area contributed by atoms with Gasteiger partial charge in [0.15, 0.2) is 0 Å². The van der Waals surface area contributed by atoms with Crippen LogP contribution in [0.15, 0.2) is 42.5 Å². The molecular formula is C14H12FN3O3. The normalized spacial score (nSPS) is 10.2. The van der Waals surface area contributed by atoms with Crippen LogP contribution >= 0.6 is 0 Å². The van der Waals surface area contributed by atoms with E-state index in [1.54, 1.807) is 12.1 Å². The van der Waals surface area contributed by atoms with Crippen LogP contribution in [0.3, 0.4) is 0 Å². The molecule has 0 aliphatic carbocycles. The van der Waals surface area contributed by atoms with E-state index in [1.807, 2.05) is 0 Å². The maximum absolute atomic E-state index is 13.0. The van der Waals surface area contributed by atoms with Crippen molar-refractivity contribution >= 4 is 11.6 Å². The van der Waals surface area contributed by atoms with Crippen molar-refractivity contribution in [2.75, 3.05) is 7.05 Å². The number of amides is 1. The number of aromatic nitrogens is 1. The van der Waals surface area contributed by atoms with Crippen molar-refractivity contribution in [2.24, 2.45) is 0 Å². The average molecular weight is 289 g/mol. The third-order valence-corrected chi connectivity index (χ3v) is 2.82. The van der Waals surface area contributed by atoms with Crippen LogP contribution in [-0.4, -0.2) is 27.8 Å². The molecule has 0 saturated heterocycles. The number of pyridine rings is 1. The zero-order valence-corrected chi connectivity index (χ0v) is 11.2. The summed E-state index contributed by atoms with van der Waals surface area (Å²) in [6, 6.07) is 9.95.